The maximum atomic E-state index is 5.74. The Hall–Kier alpha value is -2.89. The van der Waals surface area contributed by atoms with Gasteiger partial charge in [-0.1, -0.05) is 6.07 Å². The number of furan rings is 1. The molecular weight excluding hydrogens is 268 g/mol. The summed E-state index contributed by atoms with van der Waals surface area (Å²) in [6, 6.07) is 9.25. The zero-order chi connectivity index (χ0) is 14.7. The van der Waals surface area contributed by atoms with Gasteiger partial charge in [0.1, 0.15) is 12.3 Å². The number of hydrogen-bond acceptors (Lipinski definition) is 6. The lowest BCUT2D eigenvalue weighted by molar-refractivity contribution is 0.287. The number of pyridine rings is 1. The van der Waals surface area contributed by atoms with Crippen LogP contribution in [0.25, 0.3) is 11.5 Å². The second kappa shape index (κ2) is 5.62. The summed E-state index contributed by atoms with van der Waals surface area (Å²) in [6.45, 7) is 2.18. The molecule has 6 heteroatoms. The van der Waals surface area contributed by atoms with E-state index >= 15 is 0 Å². The fourth-order valence-corrected chi connectivity index (χ4v) is 1.93. The summed E-state index contributed by atoms with van der Waals surface area (Å²) < 4.78 is 11.1. The molecule has 0 saturated carbocycles. The predicted octanol–water partition coefficient (Wildman–Crippen LogP) is 2.60. The first kappa shape index (κ1) is 13.1. The van der Waals surface area contributed by atoms with Crippen LogP contribution in [0.15, 0.2) is 47.2 Å². The largest absolute Gasteiger partial charge is 0.471 e. The van der Waals surface area contributed by atoms with Crippen LogP contribution in [0.1, 0.15) is 11.3 Å². The molecule has 0 atom stereocenters. The summed E-state index contributed by atoms with van der Waals surface area (Å²) in [6.07, 6.45) is 3.30. The van der Waals surface area contributed by atoms with E-state index in [0.29, 0.717) is 23.9 Å². The third kappa shape index (κ3) is 2.84. The number of rotatable bonds is 4. The normalized spacial score (nSPS) is 10.5. The highest BCUT2D eigenvalue weighted by molar-refractivity contribution is 5.60. The number of hydrogen-bond donors (Lipinski definition) is 1. The summed E-state index contributed by atoms with van der Waals surface area (Å²) in [5, 5.41) is 0. The lowest BCUT2D eigenvalue weighted by Gasteiger charge is -2.10. The van der Waals surface area contributed by atoms with Crippen LogP contribution in [0, 0.1) is 6.92 Å². The maximum absolute atomic E-state index is 5.74. The van der Waals surface area contributed by atoms with Crippen molar-refractivity contribution in [2.75, 3.05) is 5.73 Å². The average Bonchev–Trinajstić information content (AvgIpc) is 3.03. The number of nitrogens with zero attached hydrogens (tertiary/aromatic N) is 3. The summed E-state index contributed by atoms with van der Waals surface area (Å²) in [5.41, 5.74) is 7.96. The summed E-state index contributed by atoms with van der Waals surface area (Å²) in [7, 11) is 0. The molecule has 2 N–H and O–H groups in total. The second-order valence-corrected chi connectivity index (χ2v) is 4.45. The van der Waals surface area contributed by atoms with Gasteiger partial charge in [-0.2, -0.15) is 4.98 Å². The van der Waals surface area contributed by atoms with Gasteiger partial charge in [-0.05, 0) is 31.2 Å². The predicted molar refractivity (Wildman–Crippen MR) is 77.5 cm³/mol. The molecule has 6 nitrogen and oxygen atoms in total. The van der Waals surface area contributed by atoms with Gasteiger partial charge >= 0.3 is 0 Å². The molecule has 0 aliphatic rings. The maximum Gasteiger partial charge on any atom is 0.224 e. The van der Waals surface area contributed by atoms with Crippen LogP contribution in [0.3, 0.4) is 0 Å². The van der Waals surface area contributed by atoms with Crippen LogP contribution in [0.5, 0.6) is 5.88 Å². The Morgan fingerprint density at radius 3 is 2.81 bits per heavy atom. The van der Waals surface area contributed by atoms with E-state index in [1.807, 2.05) is 31.2 Å². The molecule has 0 fully saturated rings. The van der Waals surface area contributed by atoms with Crippen molar-refractivity contribution in [3.8, 4) is 17.3 Å². The van der Waals surface area contributed by atoms with Crippen LogP contribution in [0.4, 0.5) is 5.95 Å². The number of nitrogen functional groups attached to an aromatic ring is 1. The lowest BCUT2D eigenvalue weighted by atomic mass is 10.2. The molecule has 0 amide bonds. The van der Waals surface area contributed by atoms with E-state index in [4.69, 9.17) is 14.9 Å². The molecule has 0 aliphatic carbocycles. The van der Waals surface area contributed by atoms with Crippen LogP contribution in [0.2, 0.25) is 0 Å². The van der Waals surface area contributed by atoms with Crippen molar-refractivity contribution in [1.29, 1.82) is 0 Å². The van der Waals surface area contributed by atoms with Gasteiger partial charge in [-0.25, -0.2) is 4.98 Å². The average molecular weight is 282 g/mol. The molecule has 106 valence electrons. The summed E-state index contributed by atoms with van der Waals surface area (Å²) in [4.78, 5) is 12.5. The van der Waals surface area contributed by atoms with Crippen molar-refractivity contribution in [1.82, 2.24) is 15.0 Å². The van der Waals surface area contributed by atoms with Gasteiger partial charge in [0.15, 0.2) is 5.76 Å². The fourth-order valence-electron chi connectivity index (χ4n) is 1.93. The first-order chi connectivity index (χ1) is 10.2. The Kier molecular flexibility index (Phi) is 3.51. The molecule has 0 aliphatic heterocycles. The second-order valence-electron chi connectivity index (χ2n) is 4.45. The quantitative estimate of drug-likeness (QED) is 0.791. The van der Waals surface area contributed by atoms with E-state index in [9.17, 15) is 0 Å². The van der Waals surface area contributed by atoms with E-state index in [1.54, 1.807) is 18.5 Å². The fraction of sp³-hybridized carbons (Fsp3) is 0.133. The Labute approximate surface area is 121 Å². The molecule has 3 heterocycles. The van der Waals surface area contributed by atoms with E-state index in [2.05, 4.69) is 15.0 Å². The monoisotopic (exact) mass is 282 g/mol. The molecule has 0 spiro atoms. The van der Waals surface area contributed by atoms with Crippen LogP contribution in [-0.2, 0) is 6.61 Å². The molecule has 0 unspecified atom stereocenters. The van der Waals surface area contributed by atoms with Gasteiger partial charge in [-0.3, -0.25) is 4.98 Å². The molecule has 0 radical (unpaired) electrons. The molecular formula is C15H14N4O2. The van der Waals surface area contributed by atoms with Gasteiger partial charge in [0.25, 0.3) is 0 Å². The number of nitrogens with two attached hydrogens (primary N) is 1. The van der Waals surface area contributed by atoms with Crippen molar-refractivity contribution in [3.63, 3.8) is 0 Å². The Morgan fingerprint density at radius 2 is 2.10 bits per heavy atom. The standard InChI is InChI=1S/C15H14N4O2/c1-10-13(12-6-4-8-20-12)18-15(16)19-14(10)21-9-11-5-2-3-7-17-11/h2-8H,9H2,1H3,(H2,16,18,19). The molecule has 21 heavy (non-hydrogen) atoms. The summed E-state index contributed by atoms with van der Waals surface area (Å²) >= 11 is 0. The minimum absolute atomic E-state index is 0.142. The number of ether oxygens (including phenoxy) is 1. The van der Waals surface area contributed by atoms with Crippen molar-refractivity contribution in [2.45, 2.75) is 13.5 Å². The lowest BCUT2D eigenvalue weighted by Crippen LogP contribution is -2.05. The molecule has 3 rings (SSSR count). The van der Waals surface area contributed by atoms with Gasteiger partial charge in [0, 0.05) is 11.8 Å². The van der Waals surface area contributed by atoms with Crippen molar-refractivity contribution >= 4 is 5.95 Å². The Bertz CT molecular complexity index is 727. The highest BCUT2D eigenvalue weighted by Crippen LogP contribution is 2.28. The van der Waals surface area contributed by atoms with Crippen LogP contribution >= 0.6 is 0 Å². The number of aromatic nitrogens is 3. The molecule has 3 aromatic heterocycles. The molecule has 0 aromatic carbocycles. The molecule has 0 saturated heterocycles. The van der Waals surface area contributed by atoms with Crippen LogP contribution in [-0.4, -0.2) is 15.0 Å². The van der Waals surface area contributed by atoms with Crippen molar-refractivity contribution in [2.24, 2.45) is 0 Å². The SMILES string of the molecule is Cc1c(OCc2ccccn2)nc(N)nc1-c1ccco1. The molecule has 0 bridgehead atoms. The van der Waals surface area contributed by atoms with Gasteiger partial charge < -0.3 is 14.9 Å². The highest BCUT2D eigenvalue weighted by Gasteiger charge is 2.14. The molecule has 3 aromatic rings. The van der Waals surface area contributed by atoms with E-state index in [-0.39, 0.29) is 5.95 Å². The van der Waals surface area contributed by atoms with Gasteiger partial charge in [0.2, 0.25) is 11.8 Å². The Balaban J connectivity index is 1.89. The topological polar surface area (TPSA) is 87.1 Å². The van der Waals surface area contributed by atoms with E-state index < -0.39 is 0 Å². The zero-order valence-corrected chi connectivity index (χ0v) is 11.5. The Morgan fingerprint density at radius 1 is 1.19 bits per heavy atom. The third-order valence-electron chi connectivity index (χ3n) is 2.96. The van der Waals surface area contributed by atoms with Gasteiger partial charge in [-0.15, -0.1) is 0 Å². The minimum atomic E-state index is 0.142. The smallest absolute Gasteiger partial charge is 0.224 e. The van der Waals surface area contributed by atoms with E-state index in [1.165, 1.54) is 0 Å². The van der Waals surface area contributed by atoms with Crippen molar-refractivity contribution in [3.05, 3.63) is 54.0 Å². The van der Waals surface area contributed by atoms with Crippen molar-refractivity contribution < 1.29 is 9.15 Å². The summed E-state index contributed by atoms with van der Waals surface area (Å²) in [5.74, 6) is 1.20. The first-order valence-electron chi connectivity index (χ1n) is 6.45. The van der Waals surface area contributed by atoms with Crippen LogP contribution < -0.4 is 10.5 Å². The third-order valence-corrected chi connectivity index (χ3v) is 2.96. The first-order valence-corrected chi connectivity index (χ1v) is 6.45. The highest BCUT2D eigenvalue weighted by atomic mass is 16.5. The van der Waals surface area contributed by atoms with E-state index in [0.717, 1.165) is 11.3 Å². The number of anilines is 1. The zero-order valence-electron chi connectivity index (χ0n) is 11.5. The van der Waals surface area contributed by atoms with Gasteiger partial charge in [0.05, 0.1) is 12.0 Å². The minimum Gasteiger partial charge on any atom is -0.471 e.